The minimum atomic E-state index is -0.269. The van der Waals surface area contributed by atoms with Crippen molar-refractivity contribution >= 4 is 5.91 Å². The molecule has 2 heterocycles. The Labute approximate surface area is 168 Å². The van der Waals surface area contributed by atoms with Crippen molar-refractivity contribution < 1.29 is 19.4 Å². The van der Waals surface area contributed by atoms with E-state index in [0.29, 0.717) is 32.6 Å². The highest BCUT2D eigenvalue weighted by Gasteiger charge is 2.31. The molecule has 1 saturated heterocycles. The van der Waals surface area contributed by atoms with Gasteiger partial charge in [-0.2, -0.15) is 0 Å². The number of ether oxygens (including phenoxy) is 2. The monoisotopic (exact) mass is 390 g/mol. The molecule has 2 aliphatic rings. The predicted molar refractivity (Wildman–Crippen MR) is 109 cm³/mol. The highest BCUT2D eigenvalue weighted by molar-refractivity contribution is 5.78. The average molecular weight is 391 g/mol. The van der Waals surface area contributed by atoms with E-state index < -0.39 is 0 Å². The summed E-state index contributed by atoms with van der Waals surface area (Å²) in [7, 11) is 0. The molecule has 6 heteroatoms. The zero-order valence-electron chi connectivity index (χ0n) is 17.5. The van der Waals surface area contributed by atoms with Crippen LogP contribution in [0.2, 0.25) is 0 Å². The molecule has 2 aliphatic heterocycles. The highest BCUT2D eigenvalue weighted by Crippen LogP contribution is 2.34. The molecular weight excluding hydrogens is 356 g/mol. The summed E-state index contributed by atoms with van der Waals surface area (Å²) in [4.78, 5) is 15.0. The first-order chi connectivity index (χ1) is 13.3. The summed E-state index contributed by atoms with van der Waals surface area (Å²) in [6, 6.07) is 6.24. The molecule has 1 fully saturated rings. The second kappa shape index (κ2) is 9.14. The van der Waals surface area contributed by atoms with Crippen LogP contribution in [-0.2, 0) is 4.79 Å². The summed E-state index contributed by atoms with van der Waals surface area (Å²) in [5.74, 6) is 1.78. The van der Waals surface area contributed by atoms with Crippen LogP contribution in [0.1, 0.15) is 58.6 Å². The molecule has 1 amide bonds. The zero-order valence-corrected chi connectivity index (χ0v) is 17.5. The van der Waals surface area contributed by atoms with Gasteiger partial charge >= 0.3 is 0 Å². The fraction of sp³-hybridized carbons (Fsp3) is 0.682. The van der Waals surface area contributed by atoms with Crippen LogP contribution >= 0.6 is 0 Å². The lowest BCUT2D eigenvalue weighted by atomic mass is 9.94. The predicted octanol–water partition coefficient (Wildman–Crippen LogP) is 2.89. The van der Waals surface area contributed by atoms with Crippen molar-refractivity contribution in [3.8, 4) is 11.5 Å². The lowest BCUT2D eigenvalue weighted by Crippen LogP contribution is -2.52. The number of carbonyl (C=O) groups is 1. The van der Waals surface area contributed by atoms with Crippen molar-refractivity contribution in [3.63, 3.8) is 0 Å². The smallest absolute Gasteiger partial charge is 0.234 e. The number of benzene rings is 1. The Hall–Kier alpha value is -1.79. The fourth-order valence-corrected chi connectivity index (χ4v) is 4.29. The van der Waals surface area contributed by atoms with E-state index in [4.69, 9.17) is 9.47 Å². The van der Waals surface area contributed by atoms with E-state index in [0.717, 1.165) is 23.5 Å². The van der Waals surface area contributed by atoms with Crippen LogP contribution in [-0.4, -0.2) is 53.9 Å². The van der Waals surface area contributed by atoms with Gasteiger partial charge in [0, 0.05) is 18.5 Å². The molecule has 0 aromatic heterocycles. The molecule has 4 atom stereocenters. The standard InChI is InChI=1S/C22H34N2O4/c1-14(2)22(17-6-7-19-20(12-17)28-9-5-8-27-19)23-21(26)13-24-15(3)10-18(25)11-16(24)4/h6-7,12,14-16,18,22,25H,5,8-11,13H2,1-4H3,(H,23,26)/t15-,16+,18?,22-/m1/s1. The first-order valence-corrected chi connectivity index (χ1v) is 10.5. The highest BCUT2D eigenvalue weighted by atomic mass is 16.5. The number of nitrogens with one attached hydrogen (secondary N) is 1. The van der Waals surface area contributed by atoms with Crippen molar-refractivity contribution in [1.82, 2.24) is 10.2 Å². The van der Waals surface area contributed by atoms with E-state index in [9.17, 15) is 9.90 Å². The second-order valence-electron chi connectivity index (χ2n) is 8.54. The summed E-state index contributed by atoms with van der Waals surface area (Å²) < 4.78 is 11.5. The number of aliphatic hydroxyl groups is 1. The Balaban J connectivity index is 1.69. The maximum absolute atomic E-state index is 12.8. The molecule has 0 bridgehead atoms. The molecule has 0 saturated carbocycles. The van der Waals surface area contributed by atoms with Crippen molar-refractivity contribution in [2.24, 2.45) is 5.92 Å². The molecule has 1 unspecified atom stereocenters. The Morgan fingerprint density at radius 1 is 1.18 bits per heavy atom. The molecule has 28 heavy (non-hydrogen) atoms. The molecule has 0 aliphatic carbocycles. The summed E-state index contributed by atoms with van der Waals surface area (Å²) in [5, 5.41) is 13.2. The van der Waals surface area contributed by atoms with E-state index in [2.05, 4.69) is 37.9 Å². The number of likely N-dealkylation sites (tertiary alicyclic amines) is 1. The minimum Gasteiger partial charge on any atom is -0.490 e. The van der Waals surface area contributed by atoms with E-state index in [1.807, 2.05) is 18.2 Å². The summed E-state index contributed by atoms with van der Waals surface area (Å²) in [6.45, 7) is 10.0. The van der Waals surface area contributed by atoms with Gasteiger partial charge in [0.05, 0.1) is 31.9 Å². The number of aliphatic hydroxyl groups excluding tert-OH is 1. The number of fused-ring (bicyclic) bond motifs is 1. The van der Waals surface area contributed by atoms with Crippen molar-refractivity contribution in [1.29, 1.82) is 0 Å². The number of amides is 1. The van der Waals surface area contributed by atoms with Crippen molar-refractivity contribution in [2.45, 2.75) is 71.2 Å². The third-order valence-corrected chi connectivity index (χ3v) is 5.80. The Morgan fingerprint density at radius 3 is 2.46 bits per heavy atom. The summed E-state index contributed by atoms with van der Waals surface area (Å²) in [5.41, 5.74) is 1.03. The van der Waals surface area contributed by atoms with Crippen molar-refractivity contribution in [3.05, 3.63) is 23.8 Å². The number of carbonyl (C=O) groups excluding carboxylic acids is 1. The molecule has 0 radical (unpaired) electrons. The van der Waals surface area contributed by atoms with Gasteiger partial charge < -0.3 is 19.9 Å². The maximum atomic E-state index is 12.8. The molecule has 6 nitrogen and oxygen atoms in total. The second-order valence-corrected chi connectivity index (χ2v) is 8.54. The third-order valence-electron chi connectivity index (χ3n) is 5.80. The molecule has 156 valence electrons. The van der Waals surface area contributed by atoms with Gasteiger partial charge in [-0.25, -0.2) is 0 Å². The van der Waals surface area contributed by atoms with Crippen LogP contribution in [0.5, 0.6) is 11.5 Å². The molecule has 3 rings (SSSR count). The normalized spacial score (nSPS) is 26.6. The SMILES string of the molecule is CC(C)[C@@H](NC(=O)CN1[C@H](C)CC(O)C[C@@H]1C)c1ccc2c(c1)OCCCO2. The van der Waals surface area contributed by atoms with E-state index in [-0.39, 0.29) is 36.1 Å². The number of piperidine rings is 1. The fourth-order valence-electron chi connectivity index (χ4n) is 4.29. The van der Waals surface area contributed by atoms with Gasteiger partial charge in [0.15, 0.2) is 11.5 Å². The molecule has 0 spiro atoms. The first-order valence-electron chi connectivity index (χ1n) is 10.5. The van der Waals surface area contributed by atoms with Gasteiger partial charge in [-0.1, -0.05) is 19.9 Å². The molecule has 2 N–H and O–H groups in total. The van der Waals surface area contributed by atoms with E-state index >= 15 is 0 Å². The minimum absolute atomic E-state index is 0.0147. The maximum Gasteiger partial charge on any atom is 0.234 e. The Bertz CT molecular complexity index is 667. The van der Waals surface area contributed by atoms with Gasteiger partial charge in [-0.15, -0.1) is 0 Å². The van der Waals surface area contributed by atoms with Gasteiger partial charge in [0.2, 0.25) is 5.91 Å². The zero-order chi connectivity index (χ0) is 20.3. The first kappa shape index (κ1) is 20.9. The average Bonchev–Trinajstić information content (AvgIpc) is 2.87. The Morgan fingerprint density at radius 2 is 1.82 bits per heavy atom. The largest absolute Gasteiger partial charge is 0.490 e. The molecular formula is C22H34N2O4. The summed E-state index contributed by atoms with van der Waals surface area (Å²) in [6.07, 6.45) is 2.03. The molecule has 1 aromatic rings. The lowest BCUT2D eigenvalue weighted by molar-refractivity contribution is -0.125. The Kier molecular flexibility index (Phi) is 6.83. The quantitative estimate of drug-likeness (QED) is 0.809. The number of hydrogen-bond donors (Lipinski definition) is 2. The van der Waals surface area contributed by atoms with Gasteiger partial charge in [-0.05, 0) is 50.3 Å². The van der Waals surface area contributed by atoms with Crippen LogP contribution in [0.15, 0.2) is 18.2 Å². The van der Waals surface area contributed by atoms with Crippen LogP contribution in [0.25, 0.3) is 0 Å². The van der Waals surface area contributed by atoms with E-state index in [1.54, 1.807) is 0 Å². The van der Waals surface area contributed by atoms with Crippen LogP contribution in [0, 0.1) is 5.92 Å². The number of hydrogen-bond acceptors (Lipinski definition) is 5. The number of rotatable bonds is 5. The van der Waals surface area contributed by atoms with Crippen LogP contribution < -0.4 is 14.8 Å². The van der Waals surface area contributed by atoms with Gasteiger partial charge in [0.25, 0.3) is 0 Å². The topological polar surface area (TPSA) is 71.0 Å². The van der Waals surface area contributed by atoms with Crippen LogP contribution in [0.4, 0.5) is 0 Å². The van der Waals surface area contributed by atoms with Gasteiger partial charge in [0.1, 0.15) is 0 Å². The van der Waals surface area contributed by atoms with Crippen LogP contribution in [0.3, 0.4) is 0 Å². The summed E-state index contributed by atoms with van der Waals surface area (Å²) >= 11 is 0. The molecule has 1 aromatic carbocycles. The van der Waals surface area contributed by atoms with Crippen molar-refractivity contribution in [2.75, 3.05) is 19.8 Å². The van der Waals surface area contributed by atoms with Gasteiger partial charge in [-0.3, -0.25) is 9.69 Å². The lowest BCUT2D eigenvalue weighted by Gasteiger charge is -2.40. The third kappa shape index (κ3) is 4.97. The van der Waals surface area contributed by atoms with E-state index in [1.165, 1.54) is 0 Å². The number of nitrogens with zero attached hydrogens (tertiary/aromatic N) is 1.